The quantitative estimate of drug-likeness (QED) is 0.679. The number of rotatable bonds is 3. The van der Waals surface area contributed by atoms with Gasteiger partial charge in [-0.15, -0.1) is 11.3 Å². The Morgan fingerprint density at radius 3 is 3.00 bits per heavy atom. The van der Waals surface area contributed by atoms with E-state index in [9.17, 15) is 4.79 Å². The van der Waals surface area contributed by atoms with E-state index in [1.165, 1.54) is 11.3 Å². The van der Waals surface area contributed by atoms with E-state index in [0.717, 1.165) is 4.88 Å². The summed E-state index contributed by atoms with van der Waals surface area (Å²) < 4.78 is 0. The molecule has 0 bridgehead atoms. The molecule has 0 aliphatic rings. The summed E-state index contributed by atoms with van der Waals surface area (Å²) in [6.45, 7) is 0. The number of aliphatic hydroxyl groups is 1. The third-order valence-electron chi connectivity index (χ3n) is 1.30. The van der Waals surface area contributed by atoms with Gasteiger partial charge in [-0.2, -0.15) is 0 Å². The molecule has 1 amide bonds. The van der Waals surface area contributed by atoms with Gasteiger partial charge < -0.3 is 10.8 Å². The van der Waals surface area contributed by atoms with E-state index in [2.05, 4.69) is 0 Å². The zero-order chi connectivity index (χ0) is 8.27. The standard InChI is InChI=1S/C7H9NO2S/c8-7(10)6(9)4-5-2-1-3-11-5/h1-3,6,9H,4H2,(H2,8,10). The zero-order valence-electron chi connectivity index (χ0n) is 5.86. The maximum absolute atomic E-state index is 10.4. The fourth-order valence-electron chi connectivity index (χ4n) is 0.720. The smallest absolute Gasteiger partial charge is 0.246 e. The van der Waals surface area contributed by atoms with E-state index in [-0.39, 0.29) is 0 Å². The molecule has 0 aliphatic heterocycles. The summed E-state index contributed by atoms with van der Waals surface area (Å²) in [4.78, 5) is 11.4. The first kappa shape index (κ1) is 8.23. The third kappa shape index (κ3) is 2.32. The molecule has 11 heavy (non-hydrogen) atoms. The maximum Gasteiger partial charge on any atom is 0.246 e. The number of nitrogens with two attached hydrogens (primary N) is 1. The van der Waals surface area contributed by atoms with Gasteiger partial charge in [-0.3, -0.25) is 4.79 Å². The van der Waals surface area contributed by atoms with Crippen molar-refractivity contribution >= 4 is 17.2 Å². The lowest BCUT2D eigenvalue weighted by Crippen LogP contribution is -2.29. The second-order valence-corrected chi connectivity index (χ2v) is 3.23. The van der Waals surface area contributed by atoms with Gasteiger partial charge >= 0.3 is 0 Å². The van der Waals surface area contributed by atoms with Gasteiger partial charge in [0.2, 0.25) is 5.91 Å². The van der Waals surface area contributed by atoms with Crippen molar-refractivity contribution in [2.24, 2.45) is 5.73 Å². The summed E-state index contributed by atoms with van der Waals surface area (Å²) in [5.41, 5.74) is 4.87. The number of primary amides is 1. The molecule has 1 rings (SSSR count). The van der Waals surface area contributed by atoms with Crippen molar-refractivity contribution in [1.82, 2.24) is 0 Å². The first-order chi connectivity index (χ1) is 5.20. The van der Waals surface area contributed by atoms with Gasteiger partial charge in [-0.05, 0) is 11.4 Å². The molecule has 0 saturated carbocycles. The normalized spacial score (nSPS) is 12.8. The summed E-state index contributed by atoms with van der Waals surface area (Å²) in [6.07, 6.45) is -0.721. The molecular weight excluding hydrogens is 162 g/mol. The first-order valence-corrected chi connectivity index (χ1v) is 4.08. The van der Waals surface area contributed by atoms with Crippen LogP contribution in [-0.4, -0.2) is 17.1 Å². The molecular formula is C7H9NO2S. The summed E-state index contributed by atoms with van der Waals surface area (Å²) in [5.74, 6) is -0.668. The lowest BCUT2D eigenvalue weighted by Gasteiger charge is -2.02. The number of aliphatic hydroxyl groups excluding tert-OH is 1. The third-order valence-corrected chi connectivity index (χ3v) is 2.20. The van der Waals surface area contributed by atoms with Gasteiger partial charge in [-0.1, -0.05) is 6.07 Å². The molecule has 3 nitrogen and oxygen atoms in total. The van der Waals surface area contributed by atoms with Crippen LogP contribution in [-0.2, 0) is 11.2 Å². The van der Waals surface area contributed by atoms with E-state index in [4.69, 9.17) is 10.8 Å². The molecule has 0 radical (unpaired) electrons. The largest absolute Gasteiger partial charge is 0.383 e. The van der Waals surface area contributed by atoms with Gasteiger partial charge in [0.25, 0.3) is 0 Å². The first-order valence-electron chi connectivity index (χ1n) is 3.20. The van der Waals surface area contributed by atoms with Crippen LogP contribution in [0.15, 0.2) is 17.5 Å². The average molecular weight is 171 g/mol. The van der Waals surface area contributed by atoms with Crippen LogP contribution >= 0.6 is 11.3 Å². The lowest BCUT2D eigenvalue weighted by atomic mass is 10.2. The SMILES string of the molecule is NC(=O)C(O)Cc1cccs1. The summed E-state index contributed by atoms with van der Waals surface area (Å²) in [5, 5.41) is 10.9. The Bertz CT molecular complexity index is 233. The average Bonchev–Trinajstić information content (AvgIpc) is 2.39. The fraction of sp³-hybridized carbons (Fsp3) is 0.286. The van der Waals surface area contributed by atoms with Gasteiger partial charge in [0, 0.05) is 11.3 Å². The molecule has 0 aliphatic carbocycles. The topological polar surface area (TPSA) is 63.3 Å². The maximum atomic E-state index is 10.4. The van der Waals surface area contributed by atoms with Crippen LogP contribution in [0.3, 0.4) is 0 Å². The molecule has 1 atom stereocenters. The van der Waals surface area contributed by atoms with E-state index in [0.29, 0.717) is 6.42 Å². The van der Waals surface area contributed by atoms with Gasteiger partial charge in [0.05, 0.1) is 0 Å². The minimum absolute atomic E-state index is 0.326. The van der Waals surface area contributed by atoms with Gasteiger partial charge in [0.15, 0.2) is 0 Å². The highest BCUT2D eigenvalue weighted by Gasteiger charge is 2.11. The van der Waals surface area contributed by atoms with Crippen molar-refractivity contribution in [3.8, 4) is 0 Å². The molecule has 1 unspecified atom stereocenters. The van der Waals surface area contributed by atoms with Crippen LogP contribution in [0, 0.1) is 0 Å². The van der Waals surface area contributed by atoms with E-state index in [1.807, 2.05) is 17.5 Å². The van der Waals surface area contributed by atoms with E-state index in [1.54, 1.807) is 0 Å². The molecule has 0 aromatic carbocycles. The number of hydrogen-bond acceptors (Lipinski definition) is 3. The molecule has 0 fully saturated rings. The van der Waals surface area contributed by atoms with Crippen LogP contribution in [0.2, 0.25) is 0 Å². The van der Waals surface area contributed by atoms with Crippen molar-refractivity contribution in [1.29, 1.82) is 0 Å². The van der Waals surface area contributed by atoms with Crippen molar-refractivity contribution in [3.63, 3.8) is 0 Å². The highest BCUT2D eigenvalue weighted by Crippen LogP contribution is 2.10. The Balaban J connectivity index is 2.50. The van der Waals surface area contributed by atoms with Crippen LogP contribution in [0.25, 0.3) is 0 Å². The fourth-order valence-corrected chi connectivity index (χ4v) is 1.46. The highest BCUT2D eigenvalue weighted by molar-refractivity contribution is 7.09. The molecule has 4 heteroatoms. The summed E-state index contributed by atoms with van der Waals surface area (Å²) >= 11 is 1.50. The predicted octanol–water partition coefficient (Wildman–Crippen LogP) is 0.137. The Morgan fingerprint density at radius 1 is 1.82 bits per heavy atom. The van der Waals surface area contributed by atoms with Crippen LogP contribution in [0.4, 0.5) is 0 Å². The van der Waals surface area contributed by atoms with Gasteiger partial charge in [-0.25, -0.2) is 0 Å². The lowest BCUT2D eigenvalue weighted by molar-refractivity contribution is -0.125. The Labute approximate surface area is 68.5 Å². The molecule has 1 aromatic rings. The zero-order valence-corrected chi connectivity index (χ0v) is 6.67. The van der Waals surface area contributed by atoms with Crippen molar-refractivity contribution in [3.05, 3.63) is 22.4 Å². The number of amides is 1. The van der Waals surface area contributed by atoms with Crippen molar-refractivity contribution < 1.29 is 9.90 Å². The van der Waals surface area contributed by atoms with Crippen molar-refractivity contribution in [2.75, 3.05) is 0 Å². The molecule has 1 aromatic heterocycles. The predicted molar refractivity (Wildman–Crippen MR) is 43.2 cm³/mol. The van der Waals surface area contributed by atoms with Crippen LogP contribution in [0.5, 0.6) is 0 Å². The highest BCUT2D eigenvalue weighted by atomic mass is 32.1. The Morgan fingerprint density at radius 2 is 2.55 bits per heavy atom. The minimum atomic E-state index is -1.05. The number of carbonyl (C=O) groups excluding carboxylic acids is 1. The second kappa shape index (κ2) is 3.50. The molecule has 60 valence electrons. The second-order valence-electron chi connectivity index (χ2n) is 2.20. The Hall–Kier alpha value is -0.870. The molecule has 1 heterocycles. The van der Waals surface area contributed by atoms with Crippen molar-refractivity contribution in [2.45, 2.75) is 12.5 Å². The number of carbonyl (C=O) groups is 1. The number of thiophene rings is 1. The van der Waals surface area contributed by atoms with Crippen LogP contribution < -0.4 is 5.73 Å². The summed E-state index contributed by atoms with van der Waals surface area (Å²) in [7, 11) is 0. The monoisotopic (exact) mass is 171 g/mol. The van der Waals surface area contributed by atoms with Gasteiger partial charge in [0.1, 0.15) is 6.10 Å². The molecule has 0 saturated heterocycles. The molecule has 0 spiro atoms. The Kier molecular flexibility index (Phi) is 2.62. The summed E-state index contributed by atoms with van der Waals surface area (Å²) in [6, 6.07) is 3.73. The molecule has 3 N–H and O–H groups in total. The van der Waals surface area contributed by atoms with E-state index < -0.39 is 12.0 Å². The minimum Gasteiger partial charge on any atom is -0.383 e. The number of hydrogen-bond donors (Lipinski definition) is 2. The van der Waals surface area contributed by atoms with E-state index >= 15 is 0 Å². The van der Waals surface area contributed by atoms with Crippen LogP contribution in [0.1, 0.15) is 4.88 Å².